The Morgan fingerprint density at radius 2 is 2.07 bits per heavy atom. The number of ether oxygens (including phenoxy) is 2. The van der Waals surface area contributed by atoms with Crippen molar-refractivity contribution >= 4 is 11.8 Å². The SMILES string of the molecule is COCCNC(=O)C(=O)N1CCOCC1. The van der Waals surface area contributed by atoms with Crippen LogP contribution in [0.5, 0.6) is 0 Å². The highest BCUT2D eigenvalue weighted by Gasteiger charge is 2.22. The van der Waals surface area contributed by atoms with E-state index < -0.39 is 11.8 Å². The Bertz CT molecular complexity index is 226. The summed E-state index contributed by atoms with van der Waals surface area (Å²) in [5.74, 6) is -1.07. The molecule has 86 valence electrons. The average Bonchev–Trinajstić information content (AvgIpc) is 2.29. The number of amides is 2. The van der Waals surface area contributed by atoms with E-state index >= 15 is 0 Å². The summed E-state index contributed by atoms with van der Waals surface area (Å²) in [6.07, 6.45) is 0. The highest BCUT2D eigenvalue weighted by atomic mass is 16.5. The number of morpholine rings is 1. The largest absolute Gasteiger partial charge is 0.383 e. The molecule has 0 atom stereocenters. The van der Waals surface area contributed by atoms with Gasteiger partial charge >= 0.3 is 11.8 Å². The van der Waals surface area contributed by atoms with Gasteiger partial charge in [-0.25, -0.2) is 0 Å². The molecule has 0 saturated carbocycles. The molecule has 1 aliphatic rings. The van der Waals surface area contributed by atoms with Gasteiger partial charge in [-0.3, -0.25) is 9.59 Å². The molecular formula is C9H16N2O4. The van der Waals surface area contributed by atoms with Crippen LogP contribution in [0.3, 0.4) is 0 Å². The van der Waals surface area contributed by atoms with Crippen molar-refractivity contribution in [3.05, 3.63) is 0 Å². The Labute approximate surface area is 88.5 Å². The van der Waals surface area contributed by atoms with Crippen LogP contribution in [0.25, 0.3) is 0 Å². The molecule has 0 aromatic heterocycles. The zero-order valence-electron chi connectivity index (χ0n) is 8.82. The van der Waals surface area contributed by atoms with Crippen LogP contribution in [0.2, 0.25) is 0 Å². The first-order valence-electron chi connectivity index (χ1n) is 4.89. The molecule has 1 rings (SSSR count). The Morgan fingerprint density at radius 1 is 1.40 bits per heavy atom. The highest BCUT2D eigenvalue weighted by Crippen LogP contribution is 1.97. The van der Waals surface area contributed by atoms with Crippen molar-refractivity contribution in [2.45, 2.75) is 0 Å². The molecule has 1 heterocycles. The topological polar surface area (TPSA) is 67.9 Å². The summed E-state index contributed by atoms with van der Waals surface area (Å²) < 4.78 is 9.84. The summed E-state index contributed by atoms with van der Waals surface area (Å²) in [6, 6.07) is 0. The maximum atomic E-state index is 11.5. The Kier molecular flexibility index (Phi) is 5.06. The second-order valence-corrected chi connectivity index (χ2v) is 3.15. The predicted octanol–water partition coefficient (Wildman–Crippen LogP) is -1.39. The number of hydrogen-bond donors (Lipinski definition) is 1. The summed E-state index contributed by atoms with van der Waals surface area (Å²) >= 11 is 0. The normalized spacial score (nSPS) is 16.2. The van der Waals surface area contributed by atoms with Crippen molar-refractivity contribution in [1.29, 1.82) is 0 Å². The van der Waals surface area contributed by atoms with E-state index in [1.165, 1.54) is 12.0 Å². The minimum absolute atomic E-state index is 0.353. The number of carbonyl (C=O) groups excluding carboxylic acids is 2. The fraction of sp³-hybridized carbons (Fsp3) is 0.778. The van der Waals surface area contributed by atoms with E-state index in [2.05, 4.69) is 5.32 Å². The smallest absolute Gasteiger partial charge is 0.312 e. The second-order valence-electron chi connectivity index (χ2n) is 3.15. The second kappa shape index (κ2) is 6.36. The van der Waals surface area contributed by atoms with Gasteiger partial charge in [-0.15, -0.1) is 0 Å². The van der Waals surface area contributed by atoms with Gasteiger partial charge in [0.1, 0.15) is 0 Å². The van der Waals surface area contributed by atoms with Crippen LogP contribution < -0.4 is 5.32 Å². The quantitative estimate of drug-likeness (QED) is 0.466. The lowest BCUT2D eigenvalue weighted by Gasteiger charge is -2.26. The van der Waals surface area contributed by atoms with Gasteiger partial charge in [0.05, 0.1) is 19.8 Å². The minimum Gasteiger partial charge on any atom is -0.383 e. The van der Waals surface area contributed by atoms with E-state index in [1.54, 1.807) is 0 Å². The van der Waals surface area contributed by atoms with Crippen molar-refractivity contribution < 1.29 is 19.1 Å². The first-order chi connectivity index (χ1) is 7.25. The van der Waals surface area contributed by atoms with E-state index in [1.807, 2.05) is 0 Å². The highest BCUT2D eigenvalue weighted by molar-refractivity contribution is 6.35. The van der Waals surface area contributed by atoms with Gasteiger partial charge in [-0.05, 0) is 0 Å². The number of rotatable bonds is 3. The van der Waals surface area contributed by atoms with Crippen LogP contribution in [0.1, 0.15) is 0 Å². The lowest BCUT2D eigenvalue weighted by molar-refractivity contribution is -0.148. The van der Waals surface area contributed by atoms with Crippen molar-refractivity contribution in [3.63, 3.8) is 0 Å². The number of nitrogens with zero attached hydrogens (tertiary/aromatic N) is 1. The number of hydrogen-bond acceptors (Lipinski definition) is 4. The van der Waals surface area contributed by atoms with Crippen LogP contribution >= 0.6 is 0 Å². The van der Waals surface area contributed by atoms with E-state index in [-0.39, 0.29) is 0 Å². The van der Waals surface area contributed by atoms with Gasteiger partial charge in [-0.2, -0.15) is 0 Å². The third kappa shape index (κ3) is 3.85. The lowest BCUT2D eigenvalue weighted by Crippen LogP contribution is -2.48. The third-order valence-electron chi connectivity index (χ3n) is 2.08. The first-order valence-corrected chi connectivity index (χ1v) is 4.89. The monoisotopic (exact) mass is 216 g/mol. The van der Waals surface area contributed by atoms with E-state index in [0.29, 0.717) is 39.5 Å². The molecule has 1 saturated heterocycles. The van der Waals surface area contributed by atoms with Crippen LogP contribution in [0.15, 0.2) is 0 Å². The molecule has 1 N–H and O–H groups in total. The molecule has 6 nitrogen and oxygen atoms in total. The number of nitrogens with one attached hydrogen (secondary N) is 1. The predicted molar refractivity (Wildman–Crippen MR) is 52.3 cm³/mol. The average molecular weight is 216 g/mol. The fourth-order valence-corrected chi connectivity index (χ4v) is 1.25. The van der Waals surface area contributed by atoms with Crippen molar-refractivity contribution in [2.24, 2.45) is 0 Å². The Balaban J connectivity index is 2.28. The molecule has 0 aromatic rings. The van der Waals surface area contributed by atoms with Crippen LogP contribution in [-0.4, -0.2) is 63.3 Å². The van der Waals surface area contributed by atoms with Crippen LogP contribution in [-0.2, 0) is 19.1 Å². The fourth-order valence-electron chi connectivity index (χ4n) is 1.25. The first kappa shape index (κ1) is 11.9. The number of carbonyl (C=O) groups is 2. The molecule has 1 fully saturated rings. The summed E-state index contributed by atoms with van der Waals surface area (Å²) in [4.78, 5) is 24.3. The molecule has 6 heteroatoms. The molecule has 0 bridgehead atoms. The summed E-state index contributed by atoms with van der Waals surface area (Å²) in [7, 11) is 1.54. The zero-order valence-corrected chi connectivity index (χ0v) is 8.82. The van der Waals surface area contributed by atoms with Gasteiger partial charge < -0.3 is 19.7 Å². The van der Waals surface area contributed by atoms with E-state index in [4.69, 9.17) is 9.47 Å². The molecule has 2 amide bonds. The molecule has 0 radical (unpaired) electrons. The molecule has 0 spiro atoms. The molecule has 0 aliphatic carbocycles. The third-order valence-corrected chi connectivity index (χ3v) is 2.08. The molecule has 0 unspecified atom stereocenters. The van der Waals surface area contributed by atoms with Crippen molar-refractivity contribution in [3.8, 4) is 0 Å². The van der Waals surface area contributed by atoms with Gasteiger partial charge in [-0.1, -0.05) is 0 Å². The van der Waals surface area contributed by atoms with Crippen molar-refractivity contribution in [1.82, 2.24) is 10.2 Å². The molecule has 15 heavy (non-hydrogen) atoms. The van der Waals surface area contributed by atoms with E-state index in [0.717, 1.165) is 0 Å². The summed E-state index contributed by atoms with van der Waals surface area (Å²) in [6.45, 7) is 2.72. The van der Waals surface area contributed by atoms with Gasteiger partial charge in [0.2, 0.25) is 0 Å². The van der Waals surface area contributed by atoms with E-state index in [9.17, 15) is 9.59 Å². The maximum Gasteiger partial charge on any atom is 0.312 e. The lowest BCUT2D eigenvalue weighted by atomic mass is 10.4. The van der Waals surface area contributed by atoms with Crippen LogP contribution in [0.4, 0.5) is 0 Å². The minimum atomic E-state index is -0.575. The zero-order chi connectivity index (χ0) is 11.1. The molecular weight excluding hydrogens is 200 g/mol. The summed E-state index contributed by atoms with van der Waals surface area (Å²) in [5.41, 5.74) is 0. The standard InChI is InChI=1S/C9H16N2O4/c1-14-5-2-10-8(12)9(13)11-3-6-15-7-4-11/h2-7H2,1H3,(H,10,12). The Hall–Kier alpha value is -1.14. The van der Waals surface area contributed by atoms with Gasteiger partial charge in [0.15, 0.2) is 0 Å². The van der Waals surface area contributed by atoms with Crippen molar-refractivity contribution in [2.75, 3.05) is 46.6 Å². The molecule has 0 aromatic carbocycles. The number of methoxy groups -OCH3 is 1. The summed E-state index contributed by atoms with van der Waals surface area (Å²) in [5, 5.41) is 2.48. The van der Waals surface area contributed by atoms with Gasteiger partial charge in [0, 0.05) is 26.7 Å². The molecule has 1 aliphatic heterocycles. The van der Waals surface area contributed by atoms with Crippen LogP contribution in [0, 0.1) is 0 Å². The maximum absolute atomic E-state index is 11.5. The Morgan fingerprint density at radius 3 is 2.67 bits per heavy atom. The van der Waals surface area contributed by atoms with Gasteiger partial charge in [0.25, 0.3) is 0 Å².